The Morgan fingerprint density at radius 2 is 2.00 bits per heavy atom. The minimum atomic E-state index is -0.399. The van der Waals surface area contributed by atoms with Crippen LogP contribution in [0.2, 0.25) is 0 Å². The minimum absolute atomic E-state index is 0.00753. The van der Waals surface area contributed by atoms with Gasteiger partial charge in [-0.3, -0.25) is 14.6 Å². The summed E-state index contributed by atoms with van der Waals surface area (Å²) < 4.78 is 26.8. The predicted octanol–water partition coefficient (Wildman–Crippen LogP) is 5.28. The van der Waals surface area contributed by atoms with Crippen LogP contribution in [-0.2, 0) is 24.3 Å². The van der Waals surface area contributed by atoms with Crippen LogP contribution in [0.15, 0.2) is 75.5 Å². The largest absolute Gasteiger partial charge is 0.483 e. The molecule has 1 amide bonds. The number of carbonyl (C=O) groups is 1. The molecule has 210 valence electrons. The number of pyridine rings is 1. The van der Waals surface area contributed by atoms with E-state index in [1.54, 1.807) is 31.0 Å². The van der Waals surface area contributed by atoms with Crippen LogP contribution in [0.25, 0.3) is 0 Å². The average Bonchev–Trinajstić information content (AvgIpc) is 2.93. The van der Waals surface area contributed by atoms with Gasteiger partial charge in [-0.2, -0.15) is 0 Å². The van der Waals surface area contributed by atoms with E-state index >= 15 is 0 Å². The minimum Gasteiger partial charge on any atom is -0.483 e. The number of allylic oxidation sites excluding steroid dienone is 2. The lowest BCUT2D eigenvalue weighted by atomic mass is 10.1. The number of fused-ring (bicyclic) bond motifs is 1. The Bertz CT molecular complexity index is 1480. The van der Waals surface area contributed by atoms with Crippen LogP contribution in [0.1, 0.15) is 46.1 Å². The van der Waals surface area contributed by atoms with E-state index < -0.39 is 5.43 Å². The van der Waals surface area contributed by atoms with Crippen LogP contribution < -0.4 is 15.5 Å². The third kappa shape index (κ3) is 6.89. The molecule has 0 fully saturated rings. The molecule has 0 bridgehead atoms. The molecule has 0 radical (unpaired) electrons. The number of aromatic nitrogens is 1. The molecule has 4 rings (SSSR count). The smallest absolute Gasteiger partial charge is 0.272 e. The van der Waals surface area contributed by atoms with Crippen LogP contribution in [0.3, 0.4) is 0 Å². The molecule has 0 unspecified atom stereocenters. The molecule has 0 saturated carbocycles. The molecule has 2 aromatic carbocycles. The average molecular weight is 564 g/mol. The van der Waals surface area contributed by atoms with Crippen molar-refractivity contribution in [3.05, 3.63) is 110 Å². The van der Waals surface area contributed by atoms with Gasteiger partial charge in [-0.25, -0.2) is 4.39 Å². The molecule has 0 aliphatic carbocycles. The number of carbonyl (C=O) groups excluding carboxylic acids is 1. The summed E-state index contributed by atoms with van der Waals surface area (Å²) in [5, 5.41) is 3.43. The summed E-state index contributed by atoms with van der Waals surface area (Å²) in [4.78, 5) is 32.5. The Hall–Kier alpha value is -3.69. The first-order valence-corrected chi connectivity index (χ1v) is 14.0. The van der Waals surface area contributed by atoms with Gasteiger partial charge in [0.15, 0.2) is 11.4 Å². The number of hydrogen-bond acceptors (Lipinski definition) is 6. The molecule has 1 atom stereocenters. The van der Waals surface area contributed by atoms with E-state index in [4.69, 9.17) is 9.47 Å². The van der Waals surface area contributed by atoms with E-state index in [-0.39, 0.29) is 35.8 Å². The molecule has 1 aliphatic heterocycles. The number of nitrogens with zero attached hydrogens (tertiary/aromatic N) is 2. The van der Waals surface area contributed by atoms with E-state index in [0.29, 0.717) is 30.2 Å². The molecule has 1 N–H and O–H groups in total. The van der Waals surface area contributed by atoms with Crippen LogP contribution >= 0.6 is 11.8 Å². The van der Waals surface area contributed by atoms with Crippen LogP contribution in [0.4, 0.5) is 4.39 Å². The van der Waals surface area contributed by atoms with E-state index in [0.717, 1.165) is 28.0 Å². The first-order valence-electron chi connectivity index (χ1n) is 13.2. The lowest BCUT2D eigenvalue weighted by Crippen LogP contribution is -2.48. The maximum Gasteiger partial charge on any atom is 0.272 e. The quantitative estimate of drug-likeness (QED) is 0.268. The summed E-state index contributed by atoms with van der Waals surface area (Å²) in [6.45, 7) is 4.81. The monoisotopic (exact) mass is 563 g/mol. The van der Waals surface area contributed by atoms with Crippen molar-refractivity contribution in [2.24, 2.45) is 4.99 Å². The molecule has 9 heteroatoms. The van der Waals surface area contributed by atoms with Gasteiger partial charge in [0.05, 0.1) is 18.2 Å². The van der Waals surface area contributed by atoms with Crippen molar-refractivity contribution in [2.75, 3.05) is 20.8 Å². The lowest BCUT2D eigenvalue weighted by molar-refractivity contribution is 0.0830. The fourth-order valence-electron chi connectivity index (χ4n) is 4.63. The summed E-state index contributed by atoms with van der Waals surface area (Å²) in [5.74, 6) is -0.667. The number of halogens is 1. The summed E-state index contributed by atoms with van der Waals surface area (Å²) in [6, 6.07) is 14.0. The molecule has 7 nitrogen and oxygen atoms in total. The van der Waals surface area contributed by atoms with Crippen molar-refractivity contribution in [1.82, 2.24) is 9.88 Å². The number of nitrogens with one attached hydrogen (secondary N) is 1. The summed E-state index contributed by atoms with van der Waals surface area (Å²) in [5.41, 5.74) is 2.87. The Morgan fingerprint density at radius 3 is 2.67 bits per heavy atom. The summed E-state index contributed by atoms with van der Waals surface area (Å²) in [6.07, 6.45) is 5.14. The summed E-state index contributed by atoms with van der Waals surface area (Å²) >= 11 is 1.40. The van der Waals surface area contributed by atoms with Crippen LogP contribution in [0.5, 0.6) is 5.75 Å². The second kappa shape index (κ2) is 13.6. The van der Waals surface area contributed by atoms with Crippen LogP contribution in [-0.4, -0.2) is 42.3 Å². The molecule has 1 aliphatic rings. The van der Waals surface area contributed by atoms with E-state index in [9.17, 15) is 14.0 Å². The predicted molar refractivity (Wildman–Crippen MR) is 158 cm³/mol. The van der Waals surface area contributed by atoms with Gasteiger partial charge >= 0.3 is 0 Å². The van der Waals surface area contributed by atoms with Crippen molar-refractivity contribution in [1.29, 1.82) is 0 Å². The topological polar surface area (TPSA) is 81.9 Å². The Morgan fingerprint density at radius 1 is 1.23 bits per heavy atom. The standard InChI is InChI=1S/C31H34FN3O4S/c1-5-9-25(15-22-12-13-23(32)14-20(22)2)40-31(33-3)26-17-35-16-24(19-38-4)34-30(37)27(35)29(28(26)36)39-18-21-10-7-6-8-11-21/h6-14,17,24H,5,15-16,18-19H2,1-4H3,(H,34,37)/b25-9+,33-31?/t24-/m0/s1. The Balaban J connectivity index is 1.73. The Kier molecular flexibility index (Phi) is 9.95. The fourth-order valence-corrected chi connectivity index (χ4v) is 5.71. The van der Waals surface area contributed by atoms with E-state index in [2.05, 4.69) is 16.4 Å². The third-order valence-corrected chi connectivity index (χ3v) is 7.73. The number of ether oxygens (including phenoxy) is 2. The van der Waals surface area contributed by atoms with Crippen molar-refractivity contribution >= 4 is 22.7 Å². The number of hydrogen-bond donors (Lipinski definition) is 1. The summed E-state index contributed by atoms with van der Waals surface area (Å²) in [7, 11) is 3.22. The van der Waals surface area contributed by atoms with Gasteiger partial charge in [0.2, 0.25) is 5.43 Å². The van der Waals surface area contributed by atoms with Gasteiger partial charge < -0.3 is 19.4 Å². The molecule has 0 saturated heterocycles. The maximum absolute atomic E-state index is 13.9. The van der Waals surface area contributed by atoms with Crippen molar-refractivity contribution < 1.29 is 18.7 Å². The number of thioether (sulfide) groups is 1. The highest BCUT2D eigenvalue weighted by Crippen LogP contribution is 2.29. The molecular formula is C31H34FN3O4S. The van der Waals surface area contributed by atoms with Gasteiger partial charge in [-0.15, -0.1) is 0 Å². The number of benzene rings is 2. The molecule has 2 heterocycles. The highest BCUT2D eigenvalue weighted by Gasteiger charge is 2.31. The van der Waals surface area contributed by atoms with Gasteiger partial charge in [0, 0.05) is 33.3 Å². The van der Waals surface area contributed by atoms with Crippen LogP contribution in [0, 0.1) is 12.7 Å². The van der Waals surface area contributed by atoms with E-state index in [1.807, 2.05) is 44.2 Å². The zero-order chi connectivity index (χ0) is 28.6. The normalized spacial score (nSPS) is 15.5. The second-order valence-corrected chi connectivity index (χ2v) is 10.7. The van der Waals surface area contributed by atoms with Gasteiger partial charge in [0.1, 0.15) is 17.5 Å². The van der Waals surface area contributed by atoms with E-state index in [1.165, 1.54) is 23.9 Å². The lowest BCUT2D eigenvalue weighted by Gasteiger charge is -2.29. The Labute approximate surface area is 238 Å². The maximum atomic E-state index is 13.9. The first kappa shape index (κ1) is 29.3. The van der Waals surface area contributed by atoms with Crippen molar-refractivity contribution in [3.8, 4) is 5.75 Å². The second-order valence-electron chi connectivity index (χ2n) is 9.56. The number of rotatable bonds is 10. The highest BCUT2D eigenvalue weighted by atomic mass is 32.2. The van der Waals surface area contributed by atoms with Crippen molar-refractivity contribution in [2.45, 2.75) is 45.9 Å². The number of amides is 1. The highest BCUT2D eigenvalue weighted by molar-refractivity contribution is 8.17. The fraction of sp³-hybridized carbons (Fsp3) is 0.323. The molecule has 3 aromatic rings. The molecule has 40 heavy (non-hydrogen) atoms. The van der Waals surface area contributed by atoms with Crippen molar-refractivity contribution in [3.63, 3.8) is 0 Å². The van der Waals surface area contributed by atoms with Gasteiger partial charge in [-0.1, -0.05) is 61.2 Å². The SMILES string of the molecule is CC/C=C(\Cc1ccc(F)cc1C)SC(=NC)c1cn2c(c(OCc3ccccc3)c1=O)C(=O)N[C@H](COC)C2. The first-order chi connectivity index (χ1) is 19.3. The number of aryl methyl sites for hydroxylation is 1. The molecule has 0 spiro atoms. The zero-order valence-corrected chi connectivity index (χ0v) is 24.0. The third-order valence-electron chi connectivity index (χ3n) is 6.56. The molecular weight excluding hydrogens is 529 g/mol. The van der Waals surface area contributed by atoms with Gasteiger partial charge in [0.25, 0.3) is 5.91 Å². The number of methoxy groups -OCH3 is 1. The van der Waals surface area contributed by atoms with Gasteiger partial charge in [-0.05, 0) is 47.1 Å². The molecule has 1 aromatic heterocycles. The number of aliphatic imine (C=N–C) groups is 1. The zero-order valence-electron chi connectivity index (χ0n) is 23.2.